The average Bonchev–Trinajstić information content (AvgIpc) is 2.83. The number of anilines is 2. The normalized spacial score (nSPS) is 15.3. The number of rotatable bonds is 12. The molecule has 3 rings (SSSR count). The van der Waals surface area contributed by atoms with E-state index in [0.29, 0.717) is 23.7 Å². The van der Waals surface area contributed by atoms with Crippen molar-refractivity contribution in [3.8, 4) is 5.75 Å². The van der Waals surface area contributed by atoms with E-state index in [0.717, 1.165) is 39.1 Å². The number of ether oxygens (including phenoxy) is 1. The summed E-state index contributed by atoms with van der Waals surface area (Å²) in [6, 6.07) is 8.36. The Hall–Kier alpha value is -2.79. The molecular formula is C28H45N5O5S. The van der Waals surface area contributed by atoms with Gasteiger partial charge in [-0.05, 0) is 78.6 Å². The quantitative estimate of drug-likeness (QED) is 0.420. The first-order chi connectivity index (χ1) is 18.2. The minimum atomic E-state index is -3.33. The predicted molar refractivity (Wildman–Crippen MR) is 158 cm³/mol. The number of benzene rings is 1. The maximum Gasteiger partial charge on any atom is 0.333 e. The molecule has 1 saturated heterocycles. The zero-order valence-corrected chi connectivity index (χ0v) is 25.3. The Kier molecular flexibility index (Phi) is 9.93. The van der Waals surface area contributed by atoms with E-state index in [1.165, 1.54) is 4.57 Å². The summed E-state index contributed by atoms with van der Waals surface area (Å²) in [5, 5.41) is 0. The fourth-order valence-corrected chi connectivity index (χ4v) is 5.99. The molecule has 1 fully saturated rings. The van der Waals surface area contributed by atoms with Crippen LogP contribution in [0.2, 0.25) is 0 Å². The minimum absolute atomic E-state index is 0.0559. The number of nitrogens with one attached hydrogen (secondary N) is 1. The highest BCUT2D eigenvalue weighted by Gasteiger charge is 2.26. The van der Waals surface area contributed by atoms with Gasteiger partial charge in [-0.1, -0.05) is 6.92 Å². The maximum absolute atomic E-state index is 13.1. The molecule has 2 aromatic rings. The van der Waals surface area contributed by atoms with Crippen LogP contribution in [0.4, 0.5) is 11.5 Å². The lowest BCUT2D eigenvalue weighted by Gasteiger charge is -2.38. The van der Waals surface area contributed by atoms with Crippen molar-refractivity contribution in [1.82, 2.24) is 14.0 Å². The molecule has 10 nitrogen and oxygen atoms in total. The zero-order valence-electron chi connectivity index (χ0n) is 24.4. The topological polar surface area (TPSA) is 106 Å². The van der Waals surface area contributed by atoms with Gasteiger partial charge in [0.25, 0.3) is 5.56 Å². The van der Waals surface area contributed by atoms with E-state index in [-0.39, 0.29) is 29.1 Å². The molecule has 1 aliphatic rings. The van der Waals surface area contributed by atoms with Crippen LogP contribution >= 0.6 is 0 Å². The van der Waals surface area contributed by atoms with Crippen LogP contribution in [-0.2, 0) is 10.0 Å². The molecule has 0 saturated carbocycles. The molecule has 0 aliphatic carbocycles. The first-order valence-electron chi connectivity index (χ1n) is 13.9. The molecule has 0 bridgehead atoms. The second-order valence-electron chi connectivity index (χ2n) is 11.4. The lowest BCUT2D eigenvalue weighted by Crippen LogP contribution is -2.51. The number of sulfonamides is 1. The van der Waals surface area contributed by atoms with Crippen LogP contribution in [0.15, 0.2) is 39.9 Å². The van der Waals surface area contributed by atoms with E-state index >= 15 is 0 Å². The van der Waals surface area contributed by atoms with Crippen molar-refractivity contribution in [3.05, 3.63) is 51.2 Å². The summed E-state index contributed by atoms with van der Waals surface area (Å²) >= 11 is 0. The first kappa shape index (κ1) is 30.7. The van der Waals surface area contributed by atoms with Crippen LogP contribution in [0.5, 0.6) is 5.75 Å². The highest BCUT2D eigenvalue weighted by molar-refractivity contribution is 7.92. The van der Waals surface area contributed by atoms with Gasteiger partial charge in [0.2, 0.25) is 10.0 Å². The molecule has 0 amide bonds. The summed E-state index contributed by atoms with van der Waals surface area (Å²) in [6.07, 6.45) is 1.36. The summed E-state index contributed by atoms with van der Waals surface area (Å²) < 4.78 is 35.8. The van der Waals surface area contributed by atoms with Gasteiger partial charge in [-0.15, -0.1) is 0 Å². The van der Waals surface area contributed by atoms with E-state index in [9.17, 15) is 18.0 Å². The van der Waals surface area contributed by atoms with Crippen molar-refractivity contribution in [2.75, 3.05) is 48.1 Å². The number of hydrogen-bond acceptors (Lipinski definition) is 7. The van der Waals surface area contributed by atoms with Crippen LogP contribution in [0, 0.1) is 0 Å². The van der Waals surface area contributed by atoms with Gasteiger partial charge >= 0.3 is 5.69 Å². The van der Waals surface area contributed by atoms with Crippen molar-refractivity contribution >= 4 is 21.5 Å². The number of aromatic nitrogens is 2. The van der Waals surface area contributed by atoms with Gasteiger partial charge in [0.05, 0.1) is 5.75 Å². The largest absolute Gasteiger partial charge is 0.488 e. The van der Waals surface area contributed by atoms with Gasteiger partial charge in [-0.2, -0.15) is 0 Å². The summed E-state index contributed by atoms with van der Waals surface area (Å²) in [5.41, 5.74) is -0.402. The van der Waals surface area contributed by atoms with E-state index < -0.39 is 15.6 Å². The predicted octanol–water partition coefficient (Wildman–Crippen LogP) is 3.69. The van der Waals surface area contributed by atoms with Gasteiger partial charge in [0, 0.05) is 56.6 Å². The van der Waals surface area contributed by atoms with Gasteiger partial charge in [0.15, 0.2) is 0 Å². The van der Waals surface area contributed by atoms with Crippen LogP contribution < -0.4 is 25.6 Å². The molecule has 218 valence electrons. The summed E-state index contributed by atoms with van der Waals surface area (Å²) in [4.78, 5) is 30.4. The molecule has 39 heavy (non-hydrogen) atoms. The van der Waals surface area contributed by atoms with E-state index in [4.69, 9.17) is 4.74 Å². The van der Waals surface area contributed by atoms with Crippen LogP contribution in [-0.4, -0.2) is 66.5 Å². The monoisotopic (exact) mass is 563 g/mol. The smallest absolute Gasteiger partial charge is 0.333 e. The van der Waals surface area contributed by atoms with E-state index in [1.807, 2.05) is 48.5 Å². The standard InChI is InChI=1S/C28H45N5O5S/c1-8-19-39(36,37)29-23-9-11-24(12-10-23)38-28(6,7)13-14-30-15-17-31(18-16-30)25-20-26(34)33(22(4)5)27(35)32(25)21(2)3/h9-12,20-22,29H,8,13-19H2,1-7H3. The van der Waals surface area contributed by atoms with Crippen LogP contribution in [0.1, 0.15) is 73.4 Å². The van der Waals surface area contributed by atoms with Crippen molar-refractivity contribution in [2.45, 2.75) is 79.0 Å². The van der Waals surface area contributed by atoms with E-state index in [1.54, 1.807) is 34.9 Å². The second-order valence-corrected chi connectivity index (χ2v) is 13.3. The Morgan fingerprint density at radius 1 is 0.949 bits per heavy atom. The molecule has 0 atom stereocenters. The number of hydrogen-bond donors (Lipinski definition) is 1. The molecule has 1 aromatic carbocycles. The lowest BCUT2D eigenvalue weighted by atomic mass is 10.0. The highest BCUT2D eigenvalue weighted by Crippen LogP contribution is 2.24. The molecule has 2 heterocycles. The molecule has 0 unspecified atom stereocenters. The first-order valence-corrected chi connectivity index (χ1v) is 15.5. The molecule has 1 aliphatic heterocycles. The lowest BCUT2D eigenvalue weighted by molar-refractivity contribution is 0.0821. The summed E-state index contributed by atoms with van der Waals surface area (Å²) in [5.74, 6) is 1.47. The van der Waals surface area contributed by atoms with Gasteiger partial charge in [-0.25, -0.2) is 13.2 Å². The Morgan fingerprint density at radius 2 is 1.54 bits per heavy atom. The van der Waals surface area contributed by atoms with Crippen LogP contribution in [0.3, 0.4) is 0 Å². The minimum Gasteiger partial charge on any atom is -0.488 e. The molecule has 0 radical (unpaired) electrons. The van der Waals surface area contributed by atoms with E-state index in [2.05, 4.69) is 14.5 Å². The zero-order chi connectivity index (χ0) is 29.0. The fourth-order valence-electron chi connectivity index (χ4n) is 4.85. The molecule has 0 spiro atoms. The molecule has 11 heteroatoms. The van der Waals surface area contributed by atoms with Crippen molar-refractivity contribution in [3.63, 3.8) is 0 Å². The molecular weight excluding hydrogens is 518 g/mol. The third-order valence-corrected chi connectivity index (χ3v) is 8.40. The molecule has 1 aromatic heterocycles. The van der Waals surface area contributed by atoms with Crippen molar-refractivity contribution in [2.24, 2.45) is 0 Å². The van der Waals surface area contributed by atoms with Crippen LogP contribution in [0.25, 0.3) is 0 Å². The molecule has 1 N–H and O–H groups in total. The Labute approximate surface area is 232 Å². The number of piperazine rings is 1. The Bertz CT molecular complexity index is 1320. The Balaban J connectivity index is 1.57. The van der Waals surface area contributed by atoms with Gasteiger partial charge < -0.3 is 9.64 Å². The van der Waals surface area contributed by atoms with Crippen molar-refractivity contribution in [1.29, 1.82) is 0 Å². The highest BCUT2D eigenvalue weighted by atomic mass is 32.2. The second kappa shape index (κ2) is 12.6. The SMILES string of the molecule is CCCS(=O)(=O)Nc1ccc(OC(C)(C)CCN2CCN(c3cc(=O)n(C(C)C)c(=O)n3C(C)C)CC2)cc1. The van der Waals surface area contributed by atoms with Gasteiger partial charge in [-0.3, -0.25) is 23.6 Å². The van der Waals surface area contributed by atoms with Crippen molar-refractivity contribution < 1.29 is 13.2 Å². The third-order valence-electron chi connectivity index (χ3n) is 6.90. The maximum atomic E-state index is 13.1. The summed E-state index contributed by atoms with van der Waals surface area (Å²) in [6.45, 7) is 17.5. The fraction of sp³-hybridized carbons (Fsp3) is 0.643. The number of nitrogens with zero attached hydrogens (tertiary/aromatic N) is 4. The summed E-state index contributed by atoms with van der Waals surface area (Å²) in [7, 11) is -3.33. The average molecular weight is 564 g/mol. The third kappa shape index (κ3) is 8.11. The van der Waals surface area contributed by atoms with Gasteiger partial charge in [0.1, 0.15) is 17.2 Å². The Morgan fingerprint density at radius 3 is 2.08 bits per heavy atom.